The van der Waals surface area contributed by atoms with Crippen LogP contribution in [0.5, 0.6) is 0 Å². The van der Waals surface area contributed by atoms with Gasteiger partial charge in [-0.1, -0.05) is 29.6 Å². The Balaban J connectivity index is 2.15. The summed E-state index contributed by atoms with van der Waals surface area (Å²) in [6, 6.07) is 0. The van der Waals surface area contributed by atoms with E-state index in [0.29, 0.717) is 19.5 Å². The fourth-order valence-electron chi connectivity index (χ4n) is 1.41. The molecule has 1 aliphatic carbocycles. The summed E-state index contributed by atoms with van der Waals surface area (Å²) < 4.78 is 0. The molecule has 0 amide bonds. The third-order valence-electron chi connectivity index (χ3n) is 2.04. The van der Waals surface area contributed by atoms with Crippen LogP contribution in [-0.2, 0) is 0 Å². The van der Waals surface area contributed by atoms with E-state index in [-0.39, 0.29) is 0 Å². The molecule has 0 spiro atoms. The maximum atomic E-state index is 10.1. The molecule has 70 valence electrons. The maximum absolute atomic E-state index is 10.1. The molecule has 0 aromatic rings. The second-order valence-electron chi connectivity index (χ2n) is 3.09. The first-order valence-electron chi connectivity index (χ1n) is 4.04. The minimum absolute atomic E-state index is 0.415. The molecule has 1 unspecified atom stereocenters. The fourth-order valence-corrected chi connectivity index (χ4v) is 1.73. The molecule has 0 saturated carbocycles. The fraction of sp³-hybridized carbons (Fsp3) is 0.571. The lowest BCUT2D eigenvalue weighted by Gasteiger charge is -2.34. The lowest BCUT2D eigenvalue weighted by molar-refractivity contribution is -0.121. The number of hydrazine groups is 1. The monoisotopic (exact) mass is 198 g/mol. The molecule has 1 aliphatic heterocycles. The van der Waals surface area contributed by atoms with Crippen molar-refractivity contribution >= 4 is 17.1 Å². The number of hydrogen-bond donors (Lipinski definition) is 2. The van der Waals surface area contributed by atoms with Crippen LogP contribution in [0.15, 0.2) is 22.5 Å². The van der Waals surface area contributed by atoms with Crippen molar-refractivity contribution in [3.05, 3.63) is 12.2 Å². The summed E-state index contributed by atoms with van der Waals surface area (Å²) >= 11 is 5.02. The highest BCUT2D eigenvalue weighted by Crippen LogP contribution is 2.26. The van der Waals surface area contributed by atoms with Crippen molar-refractivity contribution < 1.29 is 5.11 Å². The third kappa shape index (κ3) is 1.60. The van der Waals surface area contributed by atoms with Gasteiger partial charge < -0.3 is 5.11 Å². The molecule has 6 heteroatoms. The number of aliphatic hydroxyl groups is 1. The molecule has 13 heavy (non-hydrogen) atoms. The normalized spacial score (nSPS) is 33.0. The topological polar surface area (TPSA) is 60.2 Å². The van der Waals surface area contributed by atoms with Crippen LogP contribution in [0.3, 0.4) is 0 Å². The maximum Gasteiger partial charge on any atom is 0.179 e. The van der Waals surface area contributed by atoms with Gasteiger partial charge in [0.25, 0.3) is 0 Å². The Labute approximate surface area is 81.1 Å². The second kappa shape index (κ2) is 3.13. The minimum Gasteiger partial charge on any atom is -0.368 e. The van der Waals surface area contributed by atoms with E-state index in [1.165, 1.54) is 5.12 Å². The van der Waals surface area contributed by atoms with Crippen LogP contribution in [0, 0.1) is 0 Å². The van der Waals surface area contributed by atoms with Gasteiger partial charge in [-0.15, -0.1) is 0 Å². The van der Waals surface area contributed by atoms with Gasteiger partial charge in [0, 0.05) is 17.7 Å². The van der Waals surface area contributed by atoms with E-state index in [1.54, 1.807) is 0 Å². The quantitative estimate of drug-likeness (QED) is 0.604. The van der Waals surface area contributed by atoms with Crippen LogP contribution in [0.25, 0.3) is 0 Å². The molecule has 0 radical (unpaired) electrons. The number of hydrogen-bond acceptors (Lipinski definition) is 6. The zero-order chi connectivity index (χ0) is 9.31. The molecule has 0 saturated heterocycles. The Morgan fingerprint density at radius 3 is 3.15 bits per heavy atom. The first-order valence-corrected chi connectivity index (χ1v) is 4.44. The van der Waals surface area contributed by atoms with Crippen LogP contribution < -0.4 is 5.43 Å². The number of nitrogens with one attached hydrogen (secondary N) is 1. The van der Waals surface area contributed by atoms with Crippen LogP contribution in [0.2, 0.25) is 0 Å². The molecule has 2 N–H and O–H groups in total. The number of allylic oxidation sites excluding steroid dienone is 1. The third-order valence-corrected chi connectivity index (χ3v) is 2.32. The van der Waals surface area contributed by atoms with E-state index in [2.05, 4.69) is 15.8 Å². The standard InChI is InChI=1S/C7H10N4OS/c12-7(11-9-5-8-10-11)3-1-2-6(13)4-7/h1-2,9,12H,3-5H2. The van der Waals surface area contributed by atoms with Gasteiger partial charge in [0.2, 0.25) is 0 Å². The SMILES string of the molecule is OC1(N2N=NCN2)CC=CC(=S)C1. The molecule has 0 fully saturated rings. The molecular formula is C7H10N4OS. The van der Waals surface area contributed by atoms with Crippen molar-refractivity contribution in [2.75, 3.05) is 6.67 Å². The van der Waals surface area contributed by atoms with Gasteiger partial charge in [-0.3, -0.25) is 0 Å². The Bertz CT molecular complexity index is 290. The van der Waals surface area contributed by atoms with Gasteiger partial charge in [0.05, 0.1) is 0 Å². The van der Waals surface area contributed by atoms with Gasteiger partial charge in [-0.05, 0) is 0 Å². The van der Waals surface area contributed by atoms with E-state index in [9.17, 15) is 5.11 Å². The van der Waals surface area contributed by atoms with Crippen molar-refractivity contribution in [3.63, 3.8) is 0 Å². The van der Waals surface area contributed by atoms with E-state index < -0.39 is 5.72 Å². The molecule has 5 nitrogen and oxygen atoms in total. The predicted octanol–water partition coefficient (Wildman–Crippen LogP) is 0.540. The smallest absolute Gasteiger partial charge is 0.179 e. The van der Waals surface area contributed by atoms with E-state index in [1.807, 2.05) is 12.2 Å². The van der Waals surface area contributed by atoms with E-state index in [0.717, 1.165) is 4.86 Å². The van der Waals surface area contributed by atoms with Gasteiger partial charge in [-0.2, -0.15) is 15.7 Å². The second-order valence-corrected chi connectivity index (χ2v) is 3.62. The zero-order valence-electron chi connectivity index (χ0n) is 6.97. The van der Waals surface area contributed by atoms with Crippen LogP contribution in [0.4, 0.5) is 0 Å². The number of nitrogens with zero attached hydrogens (tertiary/aromatic N) is 3. The van der Waals surface area contributed by atoms with Crippen molar-refractivity contribution in [1.82, 2.24) is 10.5 Å². The van der Waals surface area contributed by atoms with Gasteiger partial charge in [0.1, 0.15) is 6.67 Å². The van der Waals surface area contributed by atoms with Crippen molar-refractivity contribution in [1.29, 1.82) is 0 Å². The molecule has 0 aromatic carbocycles. The number of thiocarbonyl (C=S) groups is 1. The lowest BCUT2D eigenvalue weighted by Crippen LogP contribution is -2.52. The van der Waals surface area contributed by atoms with Crippen molar-refractivity contribution in [2.24, 2.45) is 10.3 Å². The van der Waals surface area contributed by atoms with Gasteiger partial charge >= 0.3 is 0 Å². The Kier molecular flexibility index (Phi) is 2.10. The Morgan fingerprint density at radius 1 is 1.69 bits per heavy atom. The first kappa shape index (κ1) is 8.74. The van der Waals surface area contributed by atoms with Crippen LogP contribution >= 0.6 is 12.2 Å². The molecular weight excluding hydrogens is 188 g/mol. The minimum atomic E-state index is -1.04. The van der Waals surface area contributed by atoms with E-state index >= 15 is 0 Å². The highest BCUT2D eigenvalue weighted by molar-refractivity contribution is 7.80. The van der Waals surface area contributed by atoms with Gasteiger partial charge in [-0.25, -0.2) is 0 Å². The summed E-state index contributed by atoms with van der Waals surface area (Å²) in [5.41, 5.74) is 1.81. The molecule has 1 atom stereocenters. The van der Waals surface area contributed by atoms with Crippen molar-refractivity contribution in [3.8, 4) is 0 Å². The van der Waals surface area contributed by atoms with Crippen LogP contribution in [0.1, 0.15) is 12.8 Å². The highest BCUT2D eigenvalue weighted by Gasteiger charge is 2.37. The molecule has 0 bridgehead atoms. The van der Waals surface area contributed by atoms with Crippen LogP contribution in [-0.4, -0.2) is 27.5 Å². The van der Waals surface area contributed by atoms with E-state index in [4.69, 9.17) is 12.2 Å². The Morgan fingerprint density at radius 2 is 2.54 bits per heavy atom. The summed E-state index contributed by atoms with van der Waals surface area (Å²) in [6.45, 7) is 0.415. The first-order chi connectivity index (χ1) is 6.21. The lowest BCUT2D eigenvalue weighted by atomic mass is 9.98. The molecule has 2 aliphatic rings. The average molecular weight is 198 g/mol. The summed E-state index contributed by atoms with van der Waals surface area (Å²) in [6.07, 6.45) is 4.63. The largest absolute Gasteiger partial charge is 0.368 e. The highest BCUT2D eigenvalue weighted by atomic mass is 32.1. The summed E-state index contributed by atoms with van der Waals surface area (Å²) in [5.74, 6) is 0. The molecule has 0 aromatic heterocycles. The number of rotatable bonds is 1. The Hall–Kier alpha value is -0.850. The van der Waals surface area contributed by atoms with Gasteiger partial charge in [0.15, 0.2) is 5.72 Å². The predicted molar refractivity (Wildman–Crippen MR) is 50.6 cm³/mol. The summed E-state index contributed by atoms with van der Waals surface area (Å²) in [4.78, 5) is 0.734. The summed E-state index contributed by atoms with van der Waals surface area (Å²) in [5, 5.41) is 19.0. The zero-order valence-corrected chi connectivity index (χ0v) is 7.79. The average Bonchev–Trinajstić information content (AvgIpc) is 2.55. The molecule has 2 rings (SSSR count). The van der Waals surface area contributed by atoms with Crippen molar-refractivity contribution in [2.45, 2.75) is 18.6 Å². The molecule has 1 heterocycles. The summed E-state index contributed by atoms with van der Waals surface area (Å²) in [7, 11) is 0.